The molecule has 49 heavy (non-hydrogen) atoms. The van der Waals surface area contributed by atoms with Crippen LogP contribution in [0.15, 0.2) is 121 Å². The van der Waals surface area contributed by atoms with Gasteiger partial charge in [-0.15, -0.1) is 0 Å². The standard InChI is InChI=1S/C42H46Br4OSi2/c1-41(2,3)48(31-17-9-7-10-18-31,39-23-15-13-21-33(39)29-25-35(43)36(44)26-29)47-49(42(4,5)6,32-19-11-8-12-20-32)40-24-16-14-22-34(40)30-27-37(45)38(46)28-30/h7-25,27,35-38H,26,28H2,1-6H3. The Hall–Kier alpha value is -1.33. The van der Waals surface area contributed by atoms with E-state index in [9.17, 15) is 0 Å². The Morgan fingerprint density at radius 3 is 1.12 bits per heavy atom. The minimum Gasteiger partial charge on any atom is -0.441 e. The van der Waals surface area contributed by atoms with Crippen LogP contribution in [-0.4, -0.2) is 35.9 Å². The van der Waals surface area contributed by atoms with Crippen LogP contribution in [-0.2, 0) is 4.12 Å². The summed E-state index contributed by atoms with van der Waals surface area (Å²) in [6.07, 6.45) is 6.75. The highest BCUT2D eigenvalue weighted by Crippen LogP contribution is 2.47. The molecule has 6 rings (SSSR count). The number of halogens is 4. The third-order valence-electron chi connectivity index (χ3n) is 10.3. The number of hydrogen-bond acceptors (Lipinski definition) is 1. The molecule has 7 heteroatoms. The van der Waals surface area contributed by atoms with E-state index in [1.54, 1.807) is 0 Å². The lowest BCUT2D eigenvalue weighted by Crippen LogP contribution is -2.78. The smallest absolute Gasteiger partial charge is 0.251 e. The zero-order valence-electron chi connectivity index (χ0n) is 29.2. The van der Waals surface area contributed by atoms with Gasteiger partial charge in [-0.2, -0.15) is 0 Å². The minimum absolute atomic E-state index is 0.215. The molecule has 2 aliphatic carbocycles. The van der Waals surface area contributed by atoms with E-state index in [0.717, 1.165) is 12.8 Å². The van der Waals surface area contributed by atoms with E-state index < -0.39 is 16.6 Å². The Morgan fingerprint density at radius 2 is 0.816 bits per heavy atom. The quantitative estimate of drug-likeness (QED) is 0.126. The van der Waals surface area contributed by atoms with Crippen molar-refractivity contribution in [3.8, 4) is 0 Å². The summed E-state index contributed by atoms with van der Waals surface area (Å²) in [4.78, 5) is 1.28. The Labute approximate surface area is 329 Å². The van der Waals surface area contributed by atoms with Crippen molar-refractivity contribution in [2.24, 2.45) is 0 Å². The topological polar surface area (TPSA) is 9.23 Å². The predicted molar refractivity (Wildman–Crippen MR) is 232 cm³/mol. The van der Waals surface area contributed by atoms with Crippen LogP contribution in [0.25, 0.3) is 11.1 Å². The SMILES string of the molecule is CC(C)(C)[Si](O[Si](c1ccccc1)(c1ccccc1C1=CC(Br)C(Br)C1)C(C)(C)C)(c1ccccc1)c1ccccc1C1=CC(Br)C(Br)C1. The van der Waals surface area contributed by atoms with Crippen molar-refractivity contribution in [2.45, 2.75) is 83.8 Å². The van der Waals surface area contributed by atoms with Crippen LogP contribution < -0.4 is 20.7 Å². The van der Waals surface area contributed by atoms with Crippen LogP contribution in [0.2, 0.25) is 10.1 Å². The Morgan fingerprint density at radius 1 is 0.490 bits per heavy atom. The van der Waals surface area contributed by atoms with Crippen molar-refractivity contribution < 1.29 is 4.12 Å². The van der Waals surface area contributed by atoms with E-state index in [2.05, 4.69) is 227 Å². The van der Waals surface area contributed by atoms with Crippen molar-refractivity contribution in [2.75, 3.05) is 0 Å². The van der Waals surface area contributed by atoms with Crippen LogP contribution in [0.3, 0.4) is 0 Å². The largest absolute Gasteiger partial charge is 0.441 e. The van der Waals surface area contributed by atoms with Crippen molar-refractivity contribution in [3.05, 3.63) is 132 Å². The first-order valence-corrected chi connectivity index (χ1v) is 24.7. The molecule has 2 aliphatic rings. The van der Waals surface area contributed by atoms with E-state index in [1.165, 1.54) is 43.0 Å². The average Bonchev–Trinajstić information content (AvgIpc) is 3.60. The molecule has 0 spiro atoms. The van der Waals surface area contributed by atoms with Gasteiger partial charge in [0, 0.05) is 19.3 Å². The fourth-order valence-corrected chi connectivity index (χ4v) is 23.3. The molecule has 0 aromatic heterocycles. The molecule has 0 heterocycles. The number of hydrogen-bond donors (Lipinski definition) is 0. The molecule has 4 aromatic rings. The molecule has 6 unspecified atom stereocenters. The van der Waals surface area contributed by atoms with Gasteiger partial charge in [-0.05, 0) is 65.9 Å². The maximum absolute atomic E-state index is 8.78. The second-order valence-corrected chi connectivity index (χ2v) is 28.7. The molecular weight excluding hydrogens is 896 g/mol. The van der Waals surface area contributed by atoms with Gasteiger partial charge in [0.1, 0.15) is 0 Å². The summed E-state index contributed by atoms with van der Waals surface area (Å²) < 4.78 is 8.78. The Bertz CT molecular complexity index is 1710. The molecule has 0 aliphatic heterocycles. The molecule has 0 saturated carbocycles. The van der Waals surface area contributed by atoms with Crippen LogP contribution >= 0.6 is 63.7 Å². The number of alkyl halides is 4. The van der Waals surface area contributed by atoms with E-state index in [0.29, 0.717) is 9.65 Å². The van der Waals surface area contributed by atoms with Crippen molar-refractivity contribution >= 4 is 112 Å². The minimum atomic E-state index is -3.15. The lowest BCUT2D eigenvalue weighted by atomic mass is 10.1. The molecule has 0 bridgehead atoms. The van der Waals surface area contributed by atoms with Gasteiger partial charge in [0.25, 0.3) is 16.6 Å². The third-order valence-corrected chi connectivity index (χ3v) is 26.7. The van der Waals surface area contributed by atoms with Crippen LogP contribution in [0.1, 0.15) is 65.5 Å². The van der Waals surface area contributed by atoms with Crippen LogP contribution in [0.5, 0.6) is 0 Å². The fraction of sp³-hybridized carbons (Fsp3) is 0.333. The van der Waals surface area contributed by atoms with Gasteiger partial charge in [0.2, 0.25) is 0 Å². The maximum Gasteiger partial charge on any atom is 0.251 e. The molecule has 0 fully saturated rings. The average molecular weight is 943 g/mol. The lowest BCUT2D eigenvalue weighted by Gasteiger charge is -2.54. The Kier molecular flexibility index (Phi) is 11.2. The van der Waals surface area contributed by atoms with E-state index in [4.69, 9.17) is 4.12 Å². The molecular formula is C42H46Br4OSi2. The summed E-state index contributed by atoms with van der Waals surface area (Å²) in [7, 11) is -6.31. The highest BCUT2D eigenvalue weighted by Gasteiger charge is 2.61. The van der Waals surface area contributed by atoms with Crippen molar-refractivity contribution in [1.29, 1.82) is 0 Å². The highest BCUT2D eigenvalue weighted by molar-refractivity contribution is 9.12. The Balaban J connectivity index is 1.75. The lowest BCUT2D eigenvalue weighted by molar-refractivity contribution is 0.475. The molecule has 256 valence electrons. The molecule has 1 nitrogen and oxygen atoms in total. The van der Waals surface area contributed by atoms with E-state index in [-0.39, 0.29) is 19.7 Å². The van der Waals surface area contributed by atoms with Crippen molar-refractivity contribution in [1.82, 2.24) is 0 Å². The number of rotatable bonds is 8. The van der Waals surface area contributed by atoms with Crippen LogP contribution in [0.4, 0.5) is 0 Å². The number of allylic oxidation sites excluding steroid dienone is 4. The van der Waals surface area contributed by atoms with Gasteiger partial charge in [-0.1, -0.05) is 227 Å². The van der Waals surface area contributed by atoms with Gasteiger partial charge in [-0.25, -0.2) is 0 Å². The second-order valence-electron chi connectivity index (χ2n) is 15.5. The predicted octanol–water partition coefficient (Wildman–Crippen LogP) is 10.8. The zero-order chi connectivity index (χ0) is 35.2. The first kappa shape index (κ1) is 37.4. The maximum atomic E-state index is 8.78. The van der Waals surface area contributed by atoms with E-state index >= 15 is 0 Å². The second kappa shape index (κ2) is 14.6. The molecule has 0 radical (unpaired) electrons. The number of benzene rings is 4. The monoisotopic (exact) mass is 938 g/mol. The highest BCUT2D eigenvalue weighted by atomic mass is 79.9. The molecule has 6 atom stereocenters. The van der Waals surface area contributed by atoms with Crippen molar-refractivity contribution in [3.63, 3.8) is 0 Å². The summed E-state index contributed by atoms with van der Waals surface area (Å²) in [6, 6.07) is 40.9. The van der Waals surface area contributed by atoms with Gasteiger partial charge in [0.05, 0.1) is 0 Å². The summed E-state index contributed by atoms with van der Waals surface area (Å²) in [5.74, 6) is 0. The van der Waals surface area contributed by atoms with Gasteiger partial charge in [-0.3, -0.25) is 0 Å². The third kappa shape index (κ3) is 6.84. The summed E-state index contributed by atoms with van der Waals surface area (Å²) in [5.41, 5.74) is 5.40. The molecule has 0 saturated heterocycles. The van der Waals surface area contributed by atoms with Gasteiger partial charge in [0.15, 0.2) is 0 Å². The van der Waals surface area contributed by atoms with E-state index in [1.807, 2.05) is 0 Å². The molecule has 4 aromatic carbocycles. The first-order valence-electron chi connectivity index (χ1n) is 17.2. The zero-order valence-corrected chi connectivity index (χ0v) is 37.5. The summed E-state index contributed by atoms with van der Waals surface area (Å²) >= 11 is 15.8. The first-order chi connectivity index (χ1) is 23.2. The van der Waals surface area contributed by atoms with Crippen LogP contribution in [0, 0.1) is 0 Å². The summed E-state index contributed by atoms with van der Waals surface area (Å²) in [5, 5.41) is 4.92. The fourth-order valence-electron chi connectivity index (χ4n) is 8.01. The normalized spacial score (nSPS) is 23.8. The molecule has 0 N–H and O–H groups in total. The van der Waals surface area contributed by atoms with Gasteiger partial charge < -0.3 is 4.12 Å². The van der Waals surface area contributed by atoms with Gasteiger partial charge >= 0.3 is 0 Å². The molecule has 0 amide bonds. The summed E-state index contributed by atoms with van der Waals surface area (Å²) in [6.45, 7) is 14.6.